The molecule has 0 aliphatic carbocycles. The Labute approximate surface area is 105 Å². The lowest BCUT2D eigenvalue weighted by molar-refractivity contribution is 0.619. The van der Waals surface area contributed by atoms with Crippen LogP contribution in [-0.4, -0.2) is 15.0 Å². The summed E-state index contributed by atoms with van der Waals surface area (Å²) in [4.78, 5) is 0. The van der Waals surface area contributed by atoms with Crippen molar-refractivity contribution in [3.8, 4) is 11.3 Å². The van der Waals surface area contributed by atoms with E-state index >= 15 is 0 Å². The molecule has 0 aliphatic rings. The number of nitrogens with zero attached hydrogens (tertiary/aromatic N) is 3. The first-order valence-electron chi connectivity index (χ1n) is 5.65. The van der Waals surface area contributed by atoms with Gasteiger partial charge in [0.2, 0.25) is 0 Å². The van der Waals surface area contributed by atoms with Gasteiger partial charge in [-0.3, -0.25) is 0 Å². The zero-order valence-corrected chi connectivity index (χ0v) is 10.2. The third kappa shape index (κ3) is 2.31. The van der Waals surface area contributed by atoms with E-state index < -0.39 is 0 Å². The van der Waals surface area contributed by atoms with Crippen molar-refractivity contribution in [2.24, 2.45) is 5.73 Å². The third-order valence-corrected chi connectivity index (χ3v) is 2.55. The Bertz CT molecular complexity index is 574. The lowest BCUT2D eigenvalue weighted by Gasteiger charge is -2.08. The molecule has 0 amide bonds. The van der Waals surface area contributed by atoms with Crippen LogP contribution < -0.4 is 5.73 Å². The van der Waals surface area contributed by atoms with E-state index in [2.05, 4.69) is 16.9 Å². The molecule has 18 heavy (non-hydrogen) atoms. The highest BCUT2D eigenvalue weighted by Crippen LogP contribution is 2.25. The molecule has 0 bridgehead atoms. The number of rotatable bonds is 4. The van der Waals surface area contributed by atoms with E-state index in [0.29, 0.717) is 23.5 Å². The highest BCUT2D eigenvalue weighted by molar-refractivity contribution is 5.62. The van der Waals surface area contributed by atoms with Gasteiger partial charge in [0, 0.05) is 12.1 Å². The molecule has 1 heterocycles. The van der Waals surface area contributed by atoms with Crippen LogP contribution in [0.25, 0.3) is 11.3 Å². The average molecular weight is 246 g/mol. The largest absolute Gasteiger partial charge is 0.325 e. The normalized spacial score (nSPS) is 10.6. The summed E-state index contributed by atoms with van der Waals surface area (Å²) in [5.41, 5.74) is 8.21. The first kappa shape index (κ1) is 12.4. The summed E-state index contributed by atoms with van der Waals surface area (Å²) in [6.45, 7) is 6.43. The molecule has 0 unspecified atom stereocenters. The van der Waals surface area contributed by atoms with Crippen molar-refractivity contribution in [1.29, 1.82) is 0 Å². The van der Waals surface area contributed by atoms with Crippen LogP contribution in [0.15, 0.2) is 36.4 Å². The summed E-state index contributed by atoms with van der Waals surface area (Å²) in [6.07, 6.45) is 0. The van der Waals surface area contributed by atoms with Gasteiger partial charge in [-0.25, -0.2) is 9.07 Å². The molecule has 1 aromatic carbocycles. The Morgan fingerprint density at radius 2 is 2.17 bits per heavy atom. The standard InChI is InChI=1S/C13H15FN4/c1-9(2)8-18-13(12(7-15)16-17-18)10-5-3-4-6-11(10)14/h3-6H,1,7-8,15H2,2H3. The topological polar surface area (TPSA) is 56.7 Å². The number of nitrogens with two attached hydrogens (primary N) is 1. The molecule has 5 heteroatoms. The van der Waals surface area contributed by atoms with E-state index in [1.807, 2.05) is 6.92 Å². The fraction of sp³-hybridized carbons (Fsp3) is 0.231. The number of benzene rings is 1. The Morgan fingerprint density at radius 1 is 1.44 bits per heavy atom. The molecule has 1 aromatic heterocycles. The van der Waals surface area contributed by atoms with Gasteiger partial charge in [-0.15, -0.1) is 5.10 Å². The van der Waals surface area contributed by atoms with E-state index in [4.69, 9.17) is 5.73 Å². The lowest BCUT2D eigenvalue weighted by Crippen LogP contribution is -2.06. The van der Waals surface area contributed by atoms with Gasteiger partial charge < -0.3 is 5.73 Å². The minimum atomic E-state index is -0.308. The number of aromatic nitrogens is 3. The predicted octanol–water partition coefficient (Wildman–Crippen LogP) is 2.12. The summed E-state index contributed by atoms with van der Waals surface area (Å²) in [7, 11) is 0. The molecule has 0 saturated carbocycles. The van der Waals surface area contributed by atoms with Crippen molar-refractivity contribution in [2.75, 3.05) is 0 Å². The minimum Gasteiger partial charge on any atom is -0.325 e. The summed E-state index contributed by atoms with van der Waals surface area (Å²) in [6, 6.07) is 6.53. The van der Waals surface area contributed by atoms with E-state index in [0.717, 1.165) is 5.57 Å². The molecular weight excluding hydrogens is 231 g/mol. The van der Waals surface area contributed by atoms with Crippen molar-refractivity contribution in [3.05, 3.63) is 47.9 Å². The highest BCUT2D eigenvalue weighted by atomic mass is 19.1. The first-order chi connectivity index (χ1) is 8.63. The molecule has 94 valence electrons. The van der Waals surface area contributed by atoms with Crippen molar-refractivity contribution < 1.29 is 4.39 Å². The average Bonchev–Trinajstić information content (AvgIpc) is 2.72. The zero-order valence-electron chi connectivity index (χ0n) is 10.2. The van der Waals surface area contributed by atoms with Crippen LogP contribution in [0.2, 0.25) is 0 Å². The van der Waals surface area contributed by atoms with Gasteiger partial charge in [0.05, 0.1) is 12.2 Å². The van der Waals surface area contributed by atoms with Gasteiger partial charge in [-0.1, -0.05) is 29.5 Å². The SMILES string of the molecule is C=C(C)Cn1nnc(CN)c1-c1ccccc1F. The smallest absolute Gasteiger partial charge is 0.132 e. The minimum absolute atomic E-state index is 0.222. The van der Waals surface area contributed by atoms with E-state index in [1.54, 1.807) is 22.9 Å². The van der Waals surface area contributed by atoms with Gasteiger partial charge >= 0.3 is 0 Å². The van der Waals surface area contributed by atoms with Crippen molar-refractivity contribution >= 4 is 0 Å². The van der Waals surface area contributed by atoms with Crippen LogP contribution >= 0.6 is 0 Å². The summed E-state index contributed by atoms with van der Waals surface area (Å²) in [5.74, 6) is -0.308. The Balaban J connectivity index is 2.57. The van der Waals surface area contributed by atoms with Crippen LogP contribution in [0.5, 0.6) is 0 Å². The lowest BCUT2D eigenvalue weighted by atomic mass is 10.1. The zero-order chi connectivity index (χ0) is 13.1. The molecule has 0 fully saturated rings. The molecule has 0 spiro atoms. The summed E-state index contributed by atoms with van der Waals surface area (Å²) in [5, 5.41) is 7.99. The quantitative estimate of drug-likeness (QED) is 0.841. The molecule has 2 N–H and O–H groups in total. The van der Waals surface area contributed by atoms with Crippen LogP contribution in [-0.2, 0) is 13.1 Å². The number of allylic oxidation sites excluding steroid dienone is 1. The maximum absolute atomic E-state index is 13.9. The van der Waals surface area contributed by atoms with Crippen molar-refractivity contribution in [1.82, 2.24) is 15.0 Å². The van der Waals surface area contributed by atoms with Crippen LogP contribution in [0.4, 0.5) is 4.39 Å². The molecule has 2 aromatic rings. The second kappa shape index (κ2) is 5.10. The number of halogens is 1. The number of hydrogen-bond acceptors (Lipinski definition) is 3. The molecule has 0 aliphatic heterocycles. The predicted molar refractivity (Wildman–Crippen MR) is 68.1 cm³/mol. The Morgan fingerprint density at radius 3 is 2.78 bits per heavy atom. The second-order valence-electron chi connectivity index (χ2n) is 4.18. The molecule has 0 atom stereocenters. The Hall–Kier alpha value is -2.01. The van der Waals surface area contributed by atoms with Gasteiger partial charge in [0.15, 0.2) is 0 Å². The maximum atomic E-state index is 13.9. The van der Waals surface area contributed by atoms with Gasteiger partial charge in [-0.05, 0) is 19.1 Å². The van der Waals surface area contributed by atoms with Crippen LogP contribution in [0, 0.1) is 5.82 Å². The van der Waals surface area contributed by atoms with Crippen molar-refractivity contribution in [2.45, 2.75) is 20.0 Å². The monoisotopic (exact) mass is 246 g/mol. The van der Waals surface area contributed by atoms with Crippen LogP contribution in [0.3, 0.4) is 0 Å². The van der Waals surface area contributed by atoms with E-state index in [9.17, 15) is 4.39 Å². The summed E-state index contributed by atoms with van der Waals surface area (Å²) >= 11 is 0. The van der Waals surface area contributed by atoms with E-state index in [-0.39, 0.29) is 12.4 Å². The van der Waals surface area contributed by atoms with E-state index in [1.165, 1.54) is 6.07 Å². The van der Waals surface area contributed by atoms with Crippen LogP contribution in [0.1, 0.15) is 12.6 Å². The van der Waals surface area contributed by atoms with Gasteiger partial charge in [-0.2, -0.15) is 0 Å². The molecule has 2 rings (SSSR count). The maximum Gasteiger partial charge on any atom is 0.132 e. The fourth-order valence-corrected chi connectivity index (χ4v) is 1.80. The fourth-order valence-electron chi connectivity index (χ4n) is 1.80. The van der Waals surface area contributed by atoms with Gasteiger partial charge in [0.25, 0.3) is 0 Å². The summed E-state index contributed by atoms with van der Waals surface area (Å²) < 4.78 is 15.5. The Kier molecular flexibility index (Phi) is 3.53. The molecular formula is C13H15FN4. The molecule has 0 radical (unpaired) electrons. The first-order valence-corrected chi connectivity index (χ1v) is 5.65. The molecule has 0 saturated heterocycles. The number of hydrogen-bond donors (Lipinski definition) is 1. The highest BCUT2D eigenvalue weighted by Gasteiger charge is 2.16. The van der Waals surface area contributed by atoms with Gasteiger partial charge in [0.1, 0.15) is 11.5 Å². The third-order valence-electron chi connectivity index (χ3n) is 2.55. The van der Waals surface area contributed by atoms with Crippen molar-refractivity contribution in [3.63, 3.8) is 0 Å². The molecule has 4 nitrogen and oxygen atoms in total. The second-order valence-corrected chi connectivity index (χ2v) is 4.18.